The van der Waals surface area contributed by atoms with E-state index in [0.29, 0.717) is 5.56 Å². The Balaban J connectivity index is 2.24. The molecule has 0 aliphatic carbocycles. The number of carbonyl (C=O) groups is 1. The lowest BCUT2D eigenvalue weighted by molar-refractivity contribution is -0.168. The summed E-state index contributed by atoms with van der Waals surface area (Å²) in [5.41, 5.74) is -1.43. The number of esters is 1. The molecule has 8 heteroatoms. The molecule has 30 heavy (non-hydrogen) atoms. The molecule has 0 aromatic heterocycles. The fraction of sp³-hybridized carbons (Fsp3) is 0.318. The van der Waals surface area contributed by atoms with Crippen LogP contribution in [0.5, 0.6) is 0 Å². The molecule has 0 aliphatic rings. The highest BCUT2D eigenvalue weighted by Crippen LogP contribution is 2.22. The van der Waals surface area contributed by atoms with Crippen LogP contribution in [0.15, 0.2) is 66.7 Å². The van der Waals surface area contributed by atoms with Crippen molar-refractivity contribution in [2.45, 2.75) is 30.0 Å². The molecular formula is C22H26O8. The van der Waals surface area contributed by atoms with Gasteiger partial charge in [0.1, 0.15) is 36.6 Å². The molecule has 0 heterocycles. The largest absolute Gasteiger partial charge is 0.459 e. The molecule has 2 rings (SSSR count). The van der Waals surface area contributed by atoms with Gasteiger partial charge in [0.15, 0.2) is 0 Å². The van der Waals surface area contributed by atoms with Gasteiger partial charge in [-0.05, 0) is 23.8 Å². The number of aliphatic hydroxyl groups excluding tert-OH is 5. The summed E-state index contributed by atoms with van der Waals surface area (Å²) < 4.78 is 5.11. The predicted octanol–water partition coefficient (Wildman–Crippen LogP) is -0.276. The molecule has 2 aromatic rings. The average molecular weight is 418 g/mol. The van der Waals surface area contributed by atoms with Gasteiger partial charge in [0, 0.05) is 0 Å². The number of benzene rings is 2. The molecular weight excluding hydrogens is 392 g/mol. The van der Waals surface area contributed by atoms with E-state index < -0.39 is 49.2 Å². The molecule has 0 amide bonds. The molecule has 6 N–H and O–H groups in total. The molecule has 0 saturated carbocycles. The van der Waals surface area contributed by atoms with Gasteiger partial charge in [-0.2, -0.15) is 0 Å². The van der Waals surface area contributed by atoms with Gasteiger partial charge in [0.05, 0.1) is 12.2 Å². The first-order chi connectivity index (χ1) is 14.3. The van der Waals surface area contributed by atoms with Crippen LogP contribution in [0.2, 0.25) is 0 Å². The number of aliphatic hydroxyl groups is 6. The monoisotopic (exact) mass is 418 g/mol. The van der Waals surface area contributed by atoms with E-state index in [9.17, 15) is 30.3 Å². The van der Waals surface area contributed by atoms with E-state index in [1.165, 1.54) is 18.2 Å². The lowest BCUT2D eigenvalue weighted by Gasteiger charge is -2.35. The second kappa shape index (κ2) is 11.0. The summed E-state index contributed by atoms with van der Waals surface area (Å²) >= 11 is 0. The average Bonchev–Trinajstić information content (AvgIpc) is 2.80. The van der Waals surface area contributed by atoms with Crippen molar-refractivity contribution in [1.29, 1.82) is 0 Å². The zero-order valence-corrected chi connectivity index (χ0v) is 16.2. The maximum atomic E-state index is 12.2. The van der Waals surface area contributed by atoms with Crippen LogP contribution in [0.25, 0.3) is 6.08 Å². The summed E-state index contributed by atoms with van der Waals surface area (Å²) in [6.45, 7) is -1.61. The lowest BCUT2D eigenvalue weighted by atomic mass is 9.88. The minimum atomic E-state index is -2.31. The zero-order valence-electron chi connectivity index (χ0n) is 16.2. The molecule has 1 unspecified atom stereocenters. The quantitative estimate of drug-likeness (QED) is 0.289. The summed E-state index contributed by atoms with van der Waals surface area (Å²) in [4.78, 5) is 12.2. The van der Waals surface area contributed by atoms with E-state index in [4.69, 9.17) is 9.84 Å². The molecule has 162 valence electrons. The Morgan fingerprint density at radius 1 is 0.933 bits per heavy atom. The molecule has 0 radical (unpaired) electrons. The number of hydrogen-bond acceptors (Lipinski definition) is 8. The van der Waals surface area contributed by atoms with Crippen molar-refractivity contribution in [3.63, 3.8) is 0 Å². The summed E-state index contributed by atoms with van der Waals surface area (Å²) in [5.74, 6) is -0.764. The maximum absolute atomic E-state index is 12.2. The minimum absolute atomic E-state index is 0.220. The van der Waals surface area contributed by atoms with Crippen molar-refractivity contribution in [3.05, 3.63) is 77.9 Å². The van der Waals surface area contributed by atoms with Crippen LogP contribution in [0.4, 0.5) is 0 Å². The Labute approximate surface area is 173 Å². The Bertz CT molecular complexity index is 810. The van der Waals surface area contributed by atoms with Crippen molar-refractivity contribution in [2.24, 2.45) is 0 Å². The van der Waals surface area contributed by atoms with E-state index in [-0.39, 0.29) is 5.56 Å². The van der Waals surface area contributed by atoms with Gasteiger partial charge in [-0.3, -0.25) is 0 Å². The van der Waals surface area contributed by atoms with Crippen molar-refractivity contribution < 1.29 is 40.2 Å². The van der Waals surface area contributed by atoms with Gasteiger partial charge in [0.25, 0.3) is 0 Å². The predicted molar refractivity (Wildman–Crippen MR) is 108 cm³/mol. The highest BCUT2D eigenvalue weighted by Gasteiger charge is 2.43. The van der Waals surface area contributed by atoms with Crippen molar-refractivity contribution in [1.82, 2.24) is 0 Å². The van der Waals surface area contributed by atoms with Crippen molar-refractivity contribution in [2.75, 3.05) is 13.2 Å². The van der Waals surface area contributed by atoms with Gasteiger partial charge in [-0.25, -0.2) is 4.79 Å². The molecule has 8 nitrogen and oxygen atoms in total. The van der Waals surface area contributed by atoms with E-state index in [2.05, 4.69) is 0 Å². The molecule has 5 atom stereocenters. The maximum Gasteiger partial charge on any atom is 0.338 e. The van der Waals surface area contributed by atoms with Crippen LogP contribution >= 0.6 is 0 Å². The van der Waals surface area contributed by atoms with Crippen LogP contribution in [0.1, 0.15) is 15.9 Å². The van der Waals surface area contributed by atoms with Crippen LogP contribution in [-0.4, -0.2) is 79.8 Å². The lowest BCUT2D eigenvalue weighted by Crippen LogP contribution is -2.57. The summed E-state index contributed by atoms with van der Waals surface area (Å²) in [6.07, 6.45) is -5.23. The Morgan fingerprint density at radius 2 is 1.50 bits per heavy atom. The number of hydrogen-bond donors (Lipinski definition) is 6. The van der Waals surface area contributed by atoms with Crippen LogP contribution < -0.4 is 0 Å². The zero-order chi connectivity index (χ0) is 22.1. The third-order valence-corrected chi connectivity index (χ3v) is 4.57. The van der Waals surface area contributed by atoms with E-state index in [0.717, 1.165) is 6.08 Å². The highest BCUT2D eigenvalue weighted by atomic mass is 16.5. The van der Waals surface area contributed by atoms with Gasteiger partial charge < -0.3 is 35.4 Å². The third kappa shape index (κ3) is 6.20. The fourth-order valence-corrected chi connectivity index (χ4v) is 2.69. The topological polar surface area (TPSA) is 148 Å². The van der Waals surface area contributed by atoms with Crippen LogP contribution in [-0.2, 0) is 4.74 Å². The first-order valence-electron chi connectivity index (χ1n) is 9.30. The van der Waals surface area contributed by atoms with Gasteiger partial charge >= 0.3 is 5.97 Å². The number of ether oxygens (including phenoxy) is 1. The molecule has 0 bridgehead atoms. The van der Waals surface area contributed by atoms with Crippen LogP contribution in [0.3, 0.4) is 0 Å². The second-order valence-electron chi connectivity index (χ2n) is 6.85. The molecule has 0 saturated heterocycles. The Morgan fingerprint density at radius 3 is 2.07 bits per heavy atom. The first-order valence-corrected chi connectivity index (χ1v) is 9.30. The Hall–Kier alpha value is -2.59. The minimum Gasteiger partial charge on any atom is -0.459 e. The second-order valence-corrected chi connectivity index (χ2v) is 6.85. The summed E-state index contributed by atoms with van der Waals surface area (Å²) in [5, 5.41) is 60.1. The first kappa shape index (κ1) is 23.7. The summed E-state index contributed by atoms with van der Waals surface area (Å²) in [6, 6.07) is 16.7. The standard InChI is InChI=1S/C22H26O8/c23-13-17(24)18(25)19(26)20(27)22(29,12-11-15-7-3-1-4-8-15)14-30-21(28)16-9-5-2-6-10-16/h1-12,17-20,23-27,29H,13-14H2/b12-11+/t17-,18+,19+,20-,22?/m1/s1. The van der Waals surface area contributed by atoms with E-state index in [1.807, 2.05) is 0 Å². The van der Waals surface area contributed by atoms with Gasteiger partial charge in [-0.15, -0.1) is 0 Å². The highest BCUT2D eigenvalue weighted by molar-refractivity contribution is 5.89. The molecule has 0 fully saturated rings. The molecule has 2 aromatic carbocycles. The normalized spacial score (nSPS) is 17.7. The smallest absolute Gasteiger partial charge is 0.338 e. The van der Waals surface area contributed by atoms with Crippen molar-refractivity contribution >= 4 is 12.0 Å². The third-order valence-electron chi connectivity index (χ3n) is 4.57. The molecule has 0 aliphatic heterocycles. The van der Waals surface area contributed by atoms with Gasteiger partial charge in [0.2, 0.25) is 0 Å². The van der Waals surface area contributed by atoms with E-state index >= 15 is 0 Å². The molecule has 0 spiro atoms. The number of carbonyl (C=O) groups excluding carboxylic acids is 1. The Kier molecular flexibility index (Phi) is 8.67. The fourth-order valence-electron chi connectivity index (χ4n) is 2.69. The van der Waals surface area contributed by atoms with Crippen molar-refractivity contribution in [3.8, 4) is 0 Å². The summed E-state index contributed by atoms with van der Waals surface area (Å²) in [7, 11) is 0. The van der Waals surface area contributed by atoms with Gasteiger partial charge in [-0.1, -0.05) is 54.6 Å². The van der Waals surface area contributed by atoms with E-state index in [1.54, 1.807) is 48.5 Å². The van der Waals surface area contributed by atoms with Crippen LogP contribution in [0, 0.1) is 0 Å². The SMILES string of the molecule is O=C(OCC(O)(/C=C/c1ccccc1)[C@H](O)[C@@H](O)[C@@H](O)[C@H](O)CO)c1ccccc1. The number of rotatable bonds is 10.